The maximum Gasteiger partial charge on any atom is 0.303 e. The zero-order valence-corrected chi connectivity index (χ0v) is 18.4. The molecule has 3 rings (SSSR count). The van der Waals surface area contributed by atoms with Gasteiger partial charge in [-0.05, 0) is 66.5 Å². The largest absolute Gasteiger partial charge is 0.492 e. The average molecular weight is 431 g/mol. The van der Waals surface area contributed by atoms with Crippen molar-refractivity contribution in [2.45, 2.75) is 57.8 Å². The van der Waals surface area contributed by atoms with Crippen LogP contribution in [0.2, 0.25) is 0 Å². The molecule has 1 fully saturated rings. The van der Waals surface area contributed by atoms with Crippen molar-refractivity contribution in [2.75, 3.05) is 13.7 Å². The molecule has 1 N–H and O–H groups in total. The molecule has 6 nitrogen and oxygen atoms in total. The molecule has 2 heterocycles. The van der Waals surface area contributed by atoms with Crippen molar-refractivity contribution in [3.8, 4) is 11.6 Å². The highest BCUT2D eigenvalue weighted by atomic mass is 19.1. The van der Waals surface area contributed by atoms with Gasteiger partial charge in [0.1, 0.15) is 11.6 Å². The van der Waals surface area contributed by atoms with Gasteiger partial charge in [0.05, 0.1) is 32.5 Å². The van der Waals surface area contributed by atoms with Gasteiger partial charge in [-0.1, -0.05) is 13.8 Å². The van der Waals surface area contributed by atoms with Crippen LogP contribution in [0.1, 0.15) is 68.9 Å². The van der Waals surface area contributed by atoms with E-state index >= 15 is 0 Å². The summed E-state index contributed by atoms with van der Waals surface area (Å²) in [5, 5.41) is 9.20. The minimum absolute atomic E-state index is 0.0726. The van der Waals surface area contributed by atoms with Crippen LogP contribution in [-0.4, -0.2) is 34.8 Å². The highest BCUT2D eigenvalue weighted by Gasteiger charge is 2.26. The Kier molecular flexibility index (Phi) is 7.82. The van der Waals surface area contributed by atoms with E-state index in [4.69, 9.17) is 9.47 Å². The molecule has 7 heteroatoms. The summed E-state index contributed by atoms with van der Waals surface area (Å²) in [7, 11) is 1.53. The standard InChI is InChI=1S/C24H31FN2O4/c1-15(2)20(10-24(28)29)18-8-19(12-26-11-18)31-14-16-4-6-17(7-5-16)21-9-23(30-3)27-13-22(21)25/h8-9,11-13,15-17,20H,4-7,10,14H2,1-3H3,(H,28,29). The molecule has 1 unspecified atom stereocenters. The fourth-order valence-electron chi connectivity index (χ4n) is 4.36. The molecule has 31 heavy (non-hydrogen) atoms. The maximum atomic E-state index is 14.2. The highest BCUT2D eigenvalue weighted by molar-refractivity contribution is 5.68. The summed E-state index contributed by atoms with van der Waals surface area (Å²) in [5.41, 5.74) is 1.57. The molecule has 1 aliphatic carbocycles. The first-order valence-corrected chi connectivity index (χ1v) is 10.9. The van der Waals surface area contributed by atoms with Gasteiger partial charge in [0.15, 0.2) is 0 Å². The summed E-state index contributed by atoms with van der Waals surface area (Å²) < 4.78 is 25.4. The van der Waals surface area contributed by atoms with Gasteiger partial charge in [-0.2, -0.15) is 0 Å². The smallest absolute Gasteiger partial charge is 0.303 e. The minimum Gasteiger partial charge on any atom is -0.492 e. The molecule has 1 saturated carbocycles. The predicted molar refractivity (Wildman–Crippen MR) is 115 cm³/mol. The first-order chi connectivity index (χ1) is 14.9. The fraction of sp³-hybridized carbons (Fsp3) is 0.542. The number of carboxylic acid groups (broad SMARTS) is 1. The Bertz CT molecular complexity index is 882. The second-order valence-corrected chi connectivity index (χ2v) is 8.68. The van der Waals surface area contributed by atoms with Crippen LogP contribution in [-0.2, 0) is 4.79 Å². The van der Waals surface area contributed by atoms with Crippen molar-refractivity contribution in [1.82, 2.24) is 9.97 Å². The Morgan fingerprint density at radius 1 is 1.19 bits per heavy atom. The van der Waals surface area contributed by atoms with Crippen LogP contribution in [0.4, 0.5) is 4.39 Å². The molecular formula is C24H31FN2O4. The zero-order valence-electron chi connectivity index (χ0n) is 18.4. The topological polar surface area (TPSA) is 81.5 Å². The van der Waals surface area contributed by atoms with Gasteiger partial charge in [-0.3, -0.25) is 9.78 Å². The lowest BCUT2D eigenvalue weighted by molar-refractivity contribution is -0.137. The van der Waals surface area contributed by atoms with E-state index in [0.717, 1.165) is 31.2 Å². The molecule has 0 aromatic carbocycles. The van der Waals surface area contributed by atoms with Crippen LogP contribution in [0.15, 0.2) is 30.7 Å². The lowest BCUT2D eigenvalue weighted by Gasteiger charge is -2.29. The van der Waals surface area contributed by atoms with Crippen LogP contribution in [0.25, 0.3) is 0 Å². The van der Waals surface area contributed by atoms with E-state index in [0.29, 0.717) is 29.7 Å². The van der Waals surface area contributed by atoms with E-state index < -0.39 is 5.97 Å². The lowest BCUT2D eigenvalue weighted by Crippen LogP contribution is -2.20. The zero-order chi connectivity index (χ0) is 22.4. The van der Waals surface area contributed by atoms with Crippen molar-refractivity contribution in [2.24, 2.45) is 11.8 Å². The van der Waals surface area contributed by atoms with Crippen LogP contribution >= 0.6 is 0 Å². The van der Waals surface area contributed by atoms with Gasteiger partial charge in [-0.15, -0.1) is 0 Å². The third-order valence-corrected chi connectivity index (χ3v) is 6.20. The third-order valence-electron chi connectivity index (χ3n) is 6.20. The molecule has 0 aliphatic heterocycles. The number of carbonyl (C=O) groups is 1. The average Bonchev–Trinajstić information content (AvgIpc) is 2.77. The van der Waals surface area contributed by atoms with Gasteiger partial charge in [-0.25, -0.2) is 9.37 Å². The Morgan fingerprint density at radius 2 is 1.94 bits per heavy atom. The van der Waals surface area contributed by atoms with Crippen molar-refractivity contribution in [1.29, 1.82) is 0 Å². The number of halogens is 1. The first kappa shape index (κ1) is 23.0. The SMILES string of the molecule is COc1cc(C2CCC(COc3cncc(C(CC(=O)O)C(C)C)c3)CC2)c(F)cn1. The number of ether oxygens (including phenoxy) is 2. The monoisotopic (exact) mass is 430 g/mol. The molecule has 0 saturated heterocycles. The number of pyridine rings is 2. The van der Waals surface area contributed by atoms with E-state index in [1.165, 1.54) is 13.3 Å². The Morgan fingerprint density at radius 3 is 2.58 bits per heavy atom. The number of carboxylic acids is 1. The van der Waals surface area contributed by atoms with Crippen molar-refractivity contribution < 1.29 is 23.8 Å². The third kappa shape index (κ3) is 6.15. The van der Waals surface area contributed by atoms with Crippen LogP contribution in [0, 0.1) is 17.7 Å². The summed E-state index contributed by atoms with van der Waals surface area (Å²) >= 11 is 0. The molecule has 2 aromatic rings. The molecule has 0 bridgehead atoms. The summed E-state index contributed by atoms with van der Waals surface area (Å²) in [6, 6.07) is 3.61. The van der Waals surface area contributed by atoms with Crippen molar-refractivity contribution in [3.05, 3.63) is 47.7 Å². The number of aromatic nitrogens is 2. The van der Waals surface area contributed by atoms with Crippen LogP contribution in [0.3, 0.4) is 0 Å². The van der Waals surface area contributed by atoms with Crippen molar-refractivity contribution in [3.63, 3.8) is 0 Å². The minimum atomic E-state index is -0.815. The highest BCUT2D eigenvalue weighted by Crippen LogP contribution is 2.38. The van der Waals surface area contributed by atoms with Gasteiger partial charge >= 0.3 is 5.97 Å². The normalized spacial score (nSPS) is 19.8. The number of hydrogen-bond donors (Lipinski definition) is 1. The maximum absolute atomic E-state index is 14.2. The van der Waals surface area contributed by atoms with E-state index in [2.05, 4.69) is 9.97 Å². The molecule has 1 atom stereocenters. The number of methoxy groups -OCH3 is 1. The van der Waals surface area contributed by atoms with Crippen molar-refractivity contribution >= 4 is 5.97 Å². The molecule has 2 aromatic heterocycles. The molecule has 0 amide bonds. The van der Waals surface area contributed by atoms with Crippen LogP contribution < -0.4 is 9.47 Å². The van der Waals surface area contributed by atoms with Gasteiger partial charge in [0, 0.05) is 12.3 Å². The lowest BCUT2D eigenvalue weighted by atomic mass is 9.79. The number of hydrogen-bond acceptors (Lipinski definition) is 5. The summed E-state index contributed by atoms with van der Waals surface area (Å²) in [6.07, 6.45) is 8.40. The second-order valence-electron chi connectivity index (χ2n) is 8.68. The summed E-state index contributed by atoms with van der Waals surface area (Å²) in [4.78, 5) is 19.4. The molecular weight excluding hydrogens is 399 g/mol. The molecule has 0 radical (unpaired) electrons. The number of rotatable bonds is 9. The quantitative estimate of drug-likeness (QED) is 0.589. The van der Waals surface area contributed by atoms with Gasteiger partial charge < -0.3 is 14.6 Å². The van der Waals surface area contributed by atoms with Gasteiger partial charge in [0.2, 0.25) is 5.88 Å². The fourth-order valence-corrected chi connectivity index (χ4v) is 4.36. The summed E-state index contributed by atoms with van der Waals surface area (Å²) in [5.74, 6) is 0.673. The molecule has 1 aliphatic rings. The summed E-state index contributed by atoms with van der Waals surface area (Å²) in [6.45, 7) is 4.60. The van der Waals surface area contributed by atoms with Gasteiger partial charge in [0.25, 0.3) is 0 Å². The number of nitrogens with zero attached hydrogens (tertiary/aromatic N) is 2. The molecule has 168 valence electrons. The Hall–Kier alpha value is -2.70. The van der Waals surface area contributed by atoms with E-state index in [-0.39, 0.29) is 30.0 Å². The first-order valence-electron chi connectivity index (χ1n) is 10.9. The Labute approximate surface area is 182 Å². The Balaban J connectivity index is 1.56. The molecule has 0 spiro atoms. The second kappa shape index (κ2) is 10.6. The van der Waals surface area contributed by atoms with E-state index in [1.807, 2.05) is 19.9 Å². The predicted octanol–water partition coefficient (Wildman–Crippen LogP) is 5.19. The van der Waals surface area contributed by atoms with E-state index in [1.54, 1.807) is 18.5 Å². The number of aliphatic carboxylic acids is 1. The van der Waals surface area contributed by atoms with E-state index in [9.17, 15) is 14.3 Å². The van der Waals surface area contributed by atoms with Crippen LogP contribution in [0.5, 0.6) is 11.6 Å².